The van der Waals surface area contributed by atoms with Gasteiger partial charge in [-0.05, 0) is 86.4 Å². The van der Waals surface area contributed by atoms with Crippen molar-refractivity contribution in [3.8, 4) is 0 Å². The molecule has 2 nitrogen and oxygen atoms in total. The monoisotopic (exact) mass is 318 g/mol. The zero-order valence-corrected chi connectivity index (χ0v) is 14.9. The highest BCUT2D eigenvalue weighted by Gasteiger charge is 2.59. The molecular weight excluding hydrogens is 284 g/mol. The van der Waals surface area contributed by atoms with Gasteiger partial charge in [0.25, 0.3) is 0 Å². The molecule has 3 saturated carbocycles. The molecule has 7 atom stereocenters. The quantitative estimate of drug-likeness (QED) is 0.738. The van der Waals surface area contributed by atoms with Crippen LogP contribution in [-0.4, -0.2) is 22.4 Å². The fourth-order valence-corrected chi connectivity index (χ4v) is 7.32. The highest BCUT2D eigenvalue weighted by molar-refractivity contribution is 5.26. The summed E-state index contributed by atoms with van der Waals surface area (Å²) in [6.45, 7) is 4.69. The van der Waals surface area contributed by atoms with Crippen molar-refractivity contribution >= 4 is 0 Å². The second kappa shape index (κ2) is 5.59. The van der Waals surface area contributed by atoms with Crippen LogP contribution in [0.15, 0.2) is 11.6 Å². The Morgan fingerprint density at radius 2 is 1.91 bits per heavy atom. The molecule has 3 fully saturated rings. The van der Waals surface area contributed by atoms with Gasteiger partial charge in [0, 0.05) is 0 Å². The lowest BCUT2D eigenvalue weighted by Gasteiger charge is -2.59. The van der Waals surface area contributed by atoms with Crippen LogP contribution in [0.25, 0.3) is 0 Å². The van der Waals surface area contributed by atoms with Gasteiger partial charge in [-0.1, -0.05) is 31.9 Å². The van der Waals surface area contributed by atoms with Crippen molar-refractivity contribution in [1.82, 2.24) is 0 Å². The number of hydrogen-bond acceptors (Lipinski definition) is 2. The topological polar surface area (TPSA) is 40.5 Å². The van der Waals surface area contributed by atoms with Gasteiger partial charge in [0.1, 0.15) is 0 Å². The summed E-state index contributed by atoms with van der Waals surface area (Å²) in [4.78, 5) is 0. The van der Waals surface area contributed by atoms with Gasteiger partial charge in [0.15, 0.2) is 0 Å². The molecule has 0 bridgehead atoms. The molecular formula is C21H34O2. The zero-order chi connectivity index (χ0) is 16.2. The summed E-state index contributed by atoms with van der Waals surface area (Å²) >= 11 is 0. The molecule has 3 unspecified atom stereocenters. The Labute approximate surface area is 141 Å². The van der Waals surface area contributed by atoms with Gasteiger partial charge in [-0.3, -0.25) is 0 Å². The molecule has 0 saturated heterocycles. The molecule has 2 N–H and O–H groups in total. The number of aliphatic hydroxyl groups excluding tert-OH is 2. The van der Waals surface area contributed by atoms with Gasteiger partial charge in [0.05, 0.1) is 12.2 Å². The van der Waals surface area contributed by atoms with Gasteiger partial charge >= 0.3 is 0 Å². The fourth-order valence-electron chi connectivity index (χ4n) is 7.32. The van der Waals surface area contributed by atoms with Crippen LogP contribution >= 0.6 is 0 Å². The van der Waals surface area contributed by atoms with Crippen molar-refractivity contribution in [2.75, 3.05) is 0 Å². The second-order valence-corrected chi connectivity index (χ2v) is 9.28. The minimum absolute atomic E-state index is 0.0749. The maximum atomic E-state index is 10.6. The predicted molar refractivity (Wildman–Crippen MR) is 93.0 cm³/mol. The third kappa shape index (κ3) is 2.20. The summed E-state index contributed by atoms with van der Waals surface area (Å²) in [5.41, 5.74) is 2.15. The Kier molecular flexibility index (Phi) is 3.93. The van der Waals surface area contributed by atoms with E-state index in [4.69, 9.17) is 0 Å². The highest BCUT2D eigenvalue weighted by Crippen LogP contribution is 2.65. The minimum Gasteiger partial charge on any atom is -0.393 e. The number of rotatable bonds is 2. The van der Waals surface area contributed by atoms with E-state index in [-0.39, 0.29) is 17.6 Å². The summed E-state index contributed by atoms with van der Waals surface area (Å²) < 4.78 is 0. The van der Waals surface area contributed by atoms with Gasteiger partial charge in [-0.2, -0.15) is 0 Å². The van der Waals surface area contributed by atoms with Crippen molar-refractivity contribution < 1.29 is 10.2 Å². The third-order valence-corrected chi connectivity index (χ3v) is 8.45. The smallest absolute Gasteiger partial charge is 0.0596 e. The minimum atomic E-state index is -0.107. The molecule has 0 heterocycles. The van der Waals surface area contributed by atoms with E-state index in [2.05, 4.69) is 19.9 Å². The normalized spacial score (nSPS) is 52.3. The third-order valence-electron chi connectivity index (χ3n) is 8.45. The Bertz CT molecular complexity index is 498. The number of allylic oxidation sites excluding steroid dienone is 1. The molecule has 23 heavy (non-hydrogen) atoms. The zero-order valence-electron chi connectivity index (χ0n) is 14.9. The van der Waals surface area contributed by atoms with Crippen LogP contribution in [0.5, 0.6) is 0 Å². The molecule has 0 spiro atoms. The summed E-state index contributed by atoms with van der Waals surface area (Å²) in [5.74, 6) is 2.30. The van der Waals surface area contributed by atoms with Crippen LogP contribution in [0, 0.1) is 28.6 Å². The molecule has 0 amide bonds. The van der Waals surface area contributed by atoms with Crippen molar-refractivity contribution in [2.45, 2.75) is 90.3 Å². The molecule has 4 rings (SSSR count). The molecule has 130 valence electrons. The van der Waals surface area contributed by atoms with E-state index in [9.17, 15) is 10.2 Å². The van der Waals surface area contributed by atoms with Crippen molar-refractivity contribution in [2.24, 2.45) is 28.6 Å². The standard InChI is InChI=1S/C21H34O2/c1-3-10-21-12-8-15(22)13-14(21)4-5-16-17-6-7-19(23)20(17,2)11-9-18(16)21/h4,15-19,22-23H,3,5-13H2,1-2H3/t15-,16?,17?,18?,19-,20-,21-/m0/s1. The van der Waals surface area contributed by atoms with Crippen molar-refractivity contribution in [3.63, 3.8) is 0 Å². The van der Waals surface area contributed by atoms with Gasteiger partial charge < -0.3 is 10.2 Å². The van der Waals surface area contributed by atoms with E-state index in [1.165, 1.54) is 44.9 Å². The molecule has 0 aromatic heterocycles. The predicted octanol–water partition coefficient (Wildman–Crippen LogP) is 4.45. The van der Waals surface area contributed by atoms with E-state index in [0.717, 1.165) is 37.0 Å². The van der Waals surface area contributed by atoms with Crippen molar-refractivity contribution in [3.05, 3.63) is 11.6 Å². The molecule has 0 aromatic carbocycles. The van der Waals surface area contributed by atoms with E-state index in [0.29, 0.717) is 5.41 Å². The maximum Gasteiger partial charge on any atom is 0.0596 e. The van der Waals surface area contributed by atoms with Crippen LogP contribution < -0.4 is 0 Å². The molecule has 4 aliphatic carbocycles. The Morgan fingerprint density at radius 1 is 1.09 bits per heavy atom. The maximum absolute atomic E-state index is 10.6. The molecule has 0 aromatic rings. The summed E-state index contributed by atoms with van der Waals surface area (Å²) in [7, 11) is 0. The van der Waals surface area contributed by atoms with E-state index < -0.39 is 0 Å². The van der Waals surface area contributed by atoms with E-state index in [1.54, 1.807) is 5.57 Å². The van der Waals surface area contributed by atoms with Gasteiger partial charge in [-0.25, -0.2) is 0 Å². The molecule has 4 aliphatic rings. The summed E-state index contributed by atoms with van der Waals surface area (Å²) in [6.07, 6.45) is 14.0. The van der Waals surface area contributed by atoms with Crippen LogP contribution in [0.1, 0.15) is 78.1 Å². The average Bonchev–Trinajstić information content (AvgIpc) is 2.84. The fraction of sp³-hybridized carbons (Fsp3) is 0.905. The molecule has 0 aliphatic heterocycles. The van der Waals surface area contributed by atoms with E-state index in [1.807, 2.05) is 0 Å². The molecule has 0 radical (unpaired) electrons. The van der Waals surface area contributed by atoms with Gasteiger partial charge in [0.2, 0.25) is 0 Å². The van der Waals surface area contributed by atoms with Crippen molar-refractivity contribution in [1.29, 1.82) is 0 Å². The second-order valence-electron chi connectivity index (χ2n) is 9.28. The first-order chi connectivity index (χ1) is 11.0. The lowest BCUT2D eigenvalue weighted by molar-refractivity contribution is -0.0782. The lowest BCUT2D eigenvalue weighted by atomic mass is 9.46. The van der Waals surface area contributed by atoms with Crippen LogP contribution in [0.2, 0.25) is 0 Å². The lowest BCUT2D eigenvalue weighted by Crippen LogP contribution is -2.52. The van der Waals surface area contributed by atoms with E-state index >= 15 is 0 Å². The largest absolute Gasteiger partial charge is 0.393 e. The average molecular weight is 319 g/mol. The number of fused-ring (bicyclic) bond motifs is 5. The van der Waals surface area contributed by atoms with Crippen LogP contribution in [0.3, 0.4) is 0 Å². The Morgan fingerprint density at radius 3 is 2.70 bits per heavy atom. The first-order valence-corrected chi connectivity index (χ1v) is 10.1. The van der Waals surface area contributed by atoms with Crippen LogP contribution in [-0.2, 0) is 0 Å². The number of hydrogen-bond donors (Lipinski definition) is 2. The first kappa shape index (κ1) is 16.1. The Balaban J connectivity index is 1.70. The summed E-state index contributed by atoms with van der Waals surface area (Å²) in [6, 6.07) is 0. The van der Waals surface area contributed by atoms with Gasteiger partial charge in [-0.15, -0.1) is 0 Å². The first-order valence-electron chi connectivity index (χ1n) is 10.1. The Hall–Kier alpha value is -0.340. The molecule has 2 heteroatoms. The van der Waals surface area contributed by atoms with Crippen LogP contribution in [0.4, 0.5) is 0 Å². The number of aliphatic hydroxyl groups is 2. The SMILES string of the molecule is CCC[C@]12CC[C@H](O)CC1=CCC1C2CC[C@@]2(C)C1CC[C@@H]2O. The highest BCUT2D eigenvalue weighted by atomic mass is 16.3. The summed E-state index contributed by atoms with van der Waals surface area (Å²) in [5, 5.41) is 20.7.